The molecule has 0 radical (unpaired) electrons. The predicted octanol–water partition coefficient (Wildman–Crippen LogP) is 0.698. The maximum atomic E-state index is 11.9. The van der Waals surface area contributed by atoms with Gasteiger partial charge in [0.25, 0.3) is 0 Å². The number of aryl methyl sites for hydroxylation is 1. The first-order valence-corrected chi connectivity index (χ1v) is 8.25. The van der Waals surface area contributed by atoms with E-state index in [1.165, 1.54) is 10.6 Å². The lowest BCUT2D eigenvalue weighted by Gasteiger charge is -2.28. The van der Waals surface area contributed by atoms with Gasteiger partial charge in [-0.2, -0.15) is 0 Å². The number of sulfonamides is 1. The molecule has 8 heteroatoms. The van der Waals surface area contributed by atoms with Gasteiger partial charge in [0.05, 0.1) is 12.2 Å². The molecule has 2 heterocycles. The molecule has 1 fully saturated rings. The first-order valence-electron chi connectivity index (χ1n) is 6.40. The standard InChI is InChI=1S/C12H18N2O5S/c1-9-7-11(13-19-9)8-18-12(15)10-3-5-14(6-4-10)20(2,16)17/h7,10H,3-6,8H2,1-2H3. The van der Waals surface area contributed by atoms with Gasteiger partial charge >= 0.3 is 5.97 Å². The van der Waals surface area contributed by atoms with Crippen LogP contribution in [0, 0.1) is 12.8 Å². The van der Waals surface area contributed by atoms with Gasteiger partial charge in [0, 0.05) is 19.2 Å². The van der Waals surface area contributed by atoms with E-state index in [4.69, 9.17) is 9.26 Å². The van der Waals surface area contributed by atoms with Crippen LogP contribution in [0.15, 0.2) is 10.6 Å². The van der Waals surface area contributed by atoms with E-state index in [-0.39, 0.29) is 18.5 Å². The van der Waals surface area contributed by atoms with Crippen molar-refractivity contribution in [3.8, 4) is 0 Å². The van der Waals surface area contributed by atoms with Crippen LogP contribution in [-0.2, 0) is 26.2 Å². The molecule has 112 valence electrons. The molecule has 0 saturated carbocycles. The monoisotopic (exact) mass is 302 g/mol. The number of aromatic nitrogens is 1. The topological polar surface area (TPSA) is 89.7 Å². The Kier molecular flexibility index (Phi) is 4.44. The molecule has 7 nitrogen and oxygen atoms in total. The number of esters is 1. The van der Waals surface area contributed by atoms with Crippen LogP contribution in [0.4, 0.5) is 0 Å². The summed E-state index contributed by atoms with van der Waals surface area (Å²) >= 11 is 0. The zero-order chi connectivity index (χ0) is 14.8. The second-order valence-electron chi connectivity index (χ2n) is 4.97. The Bertz CT molecular complexity index is 572. The number of carbonyl (C=O) groups is 1. The van der Waals surface area contributed by atoms with Gasteiger partial charge in [0.2, 0.25) is 10.0 Å². The predicted molar refractivity (Wildman–Crippen MR) is 70.2 cm³/mol. The number of hydrogen-bond acceptors (Lipinski definition) is 6. The average molecular weight is 302 g/mol. The summed E-state index contributed by atoms with van der Waals surface area (Å²) in [7, 11) is -3.17. The Labute approximate surface area is 117 Å². The van der Waals surface area contributed by atoms with Crippen molar-refractivity contribution in [2.75, 3.05) is 19.3 Å². The highest BCUT2D eigenvalue weighted by molar-refractivity contribution is 7.88. The molecular formula is C12H18N2O5S. The molecule has 1 aliphatic heterocycles. The molecule has 1 aliphatic rings. The summed E-state index contributed by atoms with van der Waals surface area (Å²) in [5, 5.41) is 3.74. The minimum absolute atomic E-state index is 0.0858. The summed E-state index contributed by atoms with van der Waals surface area (Å²) in [6, 6.07) is 1.71. The van der Waals surface area contributed by atoms with E-state index in [1.807, 2.05) is 0 Å². The van der Waals surface area contributed by atoms with Crippen LogP contribution < -0.4 is 0 Å². The number of ether oxygens (including phenoxy) is 1. The van der Waals surface area contributed by atoms with Crippen molar-refractivity contribution in [3.05, 3.63) is 17.5 Å². The normalized spacial score (nSPS) is 18.1. The quantitative estimate of drug-likeness (QED) is 0.760. The van der Waals surface area contributed by atoms with Crippen molar-refractivity contribution in [1.82, 2.24) is 9.46 Å². The molecule has 20 heavy (non-hydrogen) atoms. The zero-order valence-corrected chi connectivity index (χ0v) is 12.4. The number of rotatable bonds is 4. The number of carbonyl (C=O) groups excluding carboxylic acids is 1. The van der Waals surface area contributed by atoms with E-state index in [0.717, 1.165) is 0 Å². The van der Waals surface area contributed by atoms with Crippen LogP contribution in [0.2, 0.25) is 0 Å². The van der Waals surface area contributed by atoms with Gasteiger partial charge in [-0.15, -0.1) is 0 Å². The maximum absolute atomic E-state index is 11.9. The maximum Gasteiger partial charge on any atom is 0.309 e. The van der Waals surface area contributed by atoms with Crippen molar-refractivity contribution in [3.63, 3.8) is 0 Å². The fourth-order valence-electron chi connectivity index (χ4n) is 2.17. The number of nitrogens with zero attached hydrogens (tertiary/aromatic N) is 2. The van der Waals surface area contributed by atoms with E-state index in [9.17, 15) is 13.2 Å². The summed E-state index contributed by atoms with van der Waals surface area (Å²) in [5.41, 5.74) is 0.574. The van der Waals surface area contributed by atoms with Crippen LogP contribution in [0.5, 0.6) is 0 Å². The lowest BCUT2D eigenvalue weighted by atomic mass is 9.98. The molecule has 0 amide bonds. The summed E-state index contributed by atoms with van der Waals surface area (Å²) in [4.78, 5) is 11.9. The van der Waals surface area contributed by atoms with Gasteiger partial charge in [-0.1, -0.05) is 5.16 Å². The third-order valence-corrected chi connectivity index (χ3v) is 4.60. The molecule has 0 aliphatic carbocycles. The highest BCUT2D eigenvalue weighted by Crippen LogP contribution is 2.20. The Balaban J connectivity index is 1.80. The Morgan fingerprint density at radius 3 is 2.65 bits per heavy atom. The van der Waals surface area contributed by atoms with Crippen LogP contribution in [-0.4, -0.2) is 43.2 Å². The third-order valence-electron chi connectivity index (χ3n) is 3.30. The van der Waals surface area contributed by atoms with Gasteiger partial charge in [0.15, 0.2) is 0 Å². The van der Waals surface area contributed by atoms with Gasteiger partial charge in [-0.3, -0.25) is 4.79 Å². The molecule has 0 unspecified atom stereocenters. The van der Waals surface area contributed by atoms with Crippen molar-refractivity contribution in [2.45, 2.75) is 26.4 Å². The smallest absolute Gasteiger partial charge is 0.309 e. The molecule has 0 spiro atoms. The van der Waals surface area contributed by atoms with Crippen molar-refractivity contribution in [1.29, 1.82) is 0 Å². The van der Waals surface area contributed by atoms with Gasteiger partial charge in [0.1, 0.15) is 18.1 Å². The molecule has 1 saturated heterocycles. The SMILES string of the molecule is Cc1cc(COC(=O)C2CCN(S(C)(=O)=O)CC2)no1. The van der Waals surface area contributed by atoms with Crippen LogP contribution in [0.3, 0.4) is 0 Å². The van der Waals surface area contributed by atoms with Crippen molar-refractivity contribution < 1.29 is 22.5 Å². The summed E-state index contributed by atoms with van der Waals surface area (Å²) in [6.07, 6.45) is 2.16. The summed E-state index contributed by atoms with van der Waals surface area (Å²) in [5.74, 6) is 0.109. The highest BCUT2D eigenvalue weighted by Gasteiger charge is 2.29. The van der Waals surface area contributed by atoms with E-state index in [2.05, 4.69) is 5.16 Å². The Morgan fingerprint density at radius 1 is 1.50 bits per heavy atom. The van der Waals surface area contributed by atoms with Crippen molar-refractivity contribution in [2.24, 2.45) is 5.92 Å². The Hall–Kier alpha value is -1.41. The van der Waals surface area contributed by atoms with E-state index < -0.39 is 10.0 Å². The second-order valence-corrected chi connectivity index (χ2v) is 6.96. The minimum Gasteiger partial charge on any atom is -0.459 e. The number of piperidine rings is 1. The molecule has 0 N–H and O–H groups in total. The lowest BCUT2D eigenvalue weighted by molar-refractivity contribution is -0.151. The van der Waals surface area contributed by atoms with Crippen LogP contribution in [0.25, 0.3) is 0 Å². The fraction of sp³-hybridized carbons (Fsp3) is 0.667. The van der Waals surface area contributed by atoms with Crippen LogP contribution in [0.1, 0.15) is 24.3 Å². The average Bonchev–Trinajstić information content (AvgIpc) is 2.81. The first-order chi connectivity index (χ1) is 9.36. The molecule has 2 rings (SSSR count). The minimum atomic E-state index is -3.17. The largest absolute Gasteiger partial charge is 0.459 e. The van der Waals surface area contributed by atoms with Gasteiger partial charge in [-0.05, 0) is 19.8 Å². The van der Waals surface area contributed by atoms with Crippen LogP contribution >= 0.6 is 0 Å². The summed E-state index contributed by atoms with van der Waals surface area (Å²) < 4.78 is 34.2. The molecule has 0 bridgehead atoms. The fourth-order valence-corrected chi connectivity index (χ4v) is 3.05. The van der Waals surface area contributed by atoms with E-state index >= 15 is 0 Å². The molecule has 1 aromatic rings. The highest BCUT2D eigenvalue weighted by atomic mass is 32.2. The molecule has 0 atom stereocenters. The third kappa shape index (κ3) is 3.80. The first kappa shape index (κ1) is 15.0. The zero-order valence-electron chi connectivity index (χ0n) is 11.5. The molecular weight excluding hydrogens is 284 g/mol. The molecule has 0 aromatic carbocycles. The lowest BCUT2D eigenvalue weighted by Crippen LogP contribution is -2.40. The Morgan fingerprint density at radius 2 is 2.15 bits per heavy atom. The van der Waals surface area contributed by atoms with E-state index in [0.29, 0.717) is 37.4 Å². The number of hydrogen-bond donors (Lipinski definition) is 0. The summed E-state index contributed by atoms with van der Waals surface area (Å²) in [6.45, 7) is 2.57. The van der Waals surface area contributed by atoms with E-state index in [1.54, 1.807) is 13.0 Å². The van der Waals surface area contributed by atoms with Crippen molar-refractivity contribution >= 4 is 16.0 Å². The van der Waals surface area contributed by atoms with Gasteiger partial charge < -0.3 is 9.26 Å². The van der Waals surface area contributed by atoms with Gasteiger partial charge in [-0.25, -0.2) is 12.7 Å². The second kappa shape index (κ2) is 5.92. The molecule has 1 aromatic heterocycles.